The Labute approximate surface area is 118 Å². The zero-order valence-electron chi connectivity index (χ0n) is 11.0. The van der Waals surface area contributed by atoms with Crippen LogP contribution < -0.4 is 15.8 Å². The Morgan fingerprint density at radius 1 is 1.58 bits per heavy atom. The lowest BCUT2D eigenvalue weighted by Gasteiger charge is -2.18. The summed E-state index contributed by atoms with van der Waals surface area (Å²) in [6, 6.07) is 5.85. The smallest absolute Gasteiger partial charge is 0.260 e. The van der Waals surface area contributed by atoms with E-state index in [1.807, 2.05) is 12.1 Å². The summed E-state index contributed by atoms with van der Waals surface area (Å²) in [5.74, 6) is 0.467. The Bertz CT molecular complexity index is 461. The SMILES string of the molecule is CC(Oc1c(Cl)cccc1CCN)C(=O)NC1CC1. The first kappa shape index (κ1) is 14.2. The first-order chi connectivity index (χ1) is 9.11. The van der Waals surface area contributed by atoms with Crippen molar-refractivity contribution in [2.45, 2.75) is 38.3 Å². The number of ether oxygens (including phenoxy) is 1. The summed E-state index contributed by atoms with van der Waals surface area (Å²) in [5, 5.41) is 3.42. The highest BCUT2D eigenvalue weighted by Gasteiger charge is 2.27. The fourth-order valence-electron chi connectivity index (χ4n) is 1.81. The number of hydrogen-bond acceptors (Lipinski definition) is 3. The van der Waals surface area contributed by atoms with Crippen molar-refractivity contribution >= 4 is 17.5 Å². The maximum Gasteiger partial charge on any atom is 0.260 e. The van der Waals surface area contributed by atoms with Gasteiger partial charge in [-0.1, -0.05) is 23.7 Å². The van der Waals surface area contributed by atoms with Crippen molar-refractivity contribution < 1.29 is 9.53 Å². The second-order valence-electron chi connectivity index (χ2n) is 4.81. The van der Waals surface area contributed by atoms with Gasteiger partial charge in [0.1, 0.15) is 5.75 Å². The third-order valence-electron chi connectivity index (χ3n) is 3.05. The van der Waals surface area contributed by atoms with E-state index in [2.05, 4.69) is 5.32 Å². The summed E-state index contributed by atoms with van der Waals surface area (Å²) in [6.07, 6.45) is 2.23. The lowest BCUT2D eigenvalue weighted by molar-refractivity contribution is -0.127. The molecule has 1 aromatic rings. The summed E-state index contributed by atoms with van der Waals surface area (Å²) < 4.78 is 5.72. The van der Waals surface area contributed by atoms with Gasteiger partial charge in [0.15, 0.2) is 6.10 Å². The molecule has 5 heteroatoms. The van der Waals surface area contributed by atoms with Gasteiger partial charge in [0.25, 0.3) is 5.91 Å². The van der Waals surface area contributed by atoms with Crippen molar-refractivity contribution in [1.82, 2.24) is 5.32 Å². The van der Waals surface area contributed by atoms with Crippen molar-refractivity contribution in [1.29, 1.82) is 0 Å². The van der Waals surface area contributed by atoms with Crippen LogP contribution in [0.5, 0.6) is 5.75 Å². The van der Waals surface area contributed by atoms with E-state index in [1.165, 1.54) is 0 Å². The summed E-state index contributed by atoms with van der Waals surface area (Å²) in [7, 11) is 0. The number of carbonyl (C=O) groups excluding carboxylic acids is 1. The molecule has 0 spiro atoms. The topological polar surface area (TPSA) is 64.3 Å². The molecule has 104 valence electrons. The molecule has 0 saturated heterocycles. The lowest BCUT2D eigenvalue weighted by atomic mass is 10.1. The van der Waals surface area contributed by atoms with Crippen molar-refractivity contribution in [3.63, 3.8) is 0 Å². The second kappa shape index (κ2) is 6.26. The van der Waals surface area contributed by atoms with Crippen LogP contribution in [0.3, 0.4) is 0 Å². The Kier molecular flexibility index (Phi) is 4.66. The zero-order valence-corrected chi connectivity index (χ0v) is 11.7. The van der Waals surface area contributed by atoms with Crippen LogP contribution in [0.15, 0.2) is 18.2 Å². The third kappa shape index (κ3) is 3.85. The van der Waals surface area contributed by atoms with Crippen LogP contribution in [0.25, 0.3) is 0 Å². The van der Waals surface area contributed by atoms with E-state index in [1.54, 1.807) is 13.0 Å². The van der Waals surface area contributed by atoms with Gasteiger partial charge in [0, 0.05) is 6.04 Å². The van der Waals surface area contributed by atoms with E-state index < -0.39 is 6.10 Å². The molecule has 1 aromatic carbocycles. The molecule has 3 N–H and O–H groups in total. The zero-order chi connectivity index (χ0) is 13.8. The molecule has 1 aliphatic carbocycles. The van der Waals surface area contributed by atoms with Crippen LogP contribution in [0, 0.1) is 0 Å². The maximum absolute atomic E-state index is 11.9. The van der Waals surface area contributed by atoms with Crippen molar-refractivity contribution in [3.8, 4) is 5.75 Å². The van der Waals surface area contributed by atoms with Crippen molar-refractivity contribution in [2.24, 2.45) is 5.73 Å². The average Bonchev–Trinajstić information content (AvgIpc) is 3.17. The molecule has 0 bridgehead atoms. The van der Waals surface area contributed by atoms with Gasteiger partial charge in [-0.05, 0) is 44.4 Å². The number of hydrogen-bond donors (Lipinski definition) is 2. The number of benzene rings is 1. The predicted molar refractivity (Wildman–Crippen MR) is 75.5 cm³/mol. The van der Waals surface area contributed by atoms with Crippen LogP contribution in [0.4, 0.5) is 0 Å². The number of nitrogens with two attached hydrogens (primary N) is 1. The van der Waals surface area contributed by atoms with Gasteiger partial charge in [-0.2, -0.15) is 0 Å². The molecule has 1 atom stereocenters. The number of carbonyl (C=O) groups is 1. The van der Waals surface area contributed by atoms with Crippen LogP contribution >= 0.6 is 11.6 Å². The maximum atomic E-state index is 11.9. The molecule has 19 heavy (non-hydrogen) atoms. The number of rotatable bonds is 6. The molecule has 0 heterocycles. The highest BCUT2D eigenvalue weighted by Crippen LogP contribution is 2.30. The summed E-state index contributed by atoms with van der Waals surface area (Å²) >= 11 is 6.13. The van der Waals surface area contributed by atoms with E-state index in [0.29, 0.717) is 29.8 Å². The standard InChI is InChI=1S/C14H19ClN2O2/c1-9(14(18)17-11-5-6-11)19-13-10(7-8-16)3-2-4-12(13)15/h2-4,9,11H,5-8,16H2,1H3,(H,17,18). The Morgan fingerprint density at radius 3 is 2.95 bits per heavy atom. The van der Waals surface area contributed by atoms with Gasteiger partial charge < -0.3 is 15.8 Å². The monoisotopic (exact) mass is 282 g/mol. The van der Waals surface area contributed by atoms with Crippen LogP contribution in [-0.4, -0.2) is 24.6 Å². The van der Waals surface area contributed by atoms with Crippen LogP contribution in [0.1, 0.15) is 25.3 Å². The molecule has 4 nitrogen and oxygen atoms in total. The van der Waals surface area contributed by atoms with E-state index in [0.717, 1.165) is 18.4 Å². The molecular weight excluding hydrogens is 264 g/mol. The van der Waals surface area contributed by atoms with Gasteiger partial charge in [-0.15, -0.1) is 0 Å². The molecule has 1 saturated carbocycles. The van der Waals surface area contributed by atoms with Crippen molar-refractivity contribution in [2.75, 3.05) is 6.54 Å². The van der Waals surface area contributed by atoms with E-state index in [4.69, 9.17) is 22.1 Å². The normalized spacial score (nSPS) is 15.9. The molecule has 0 aromatic heterocycles. The fraction of sp³-hybridized carbons (Fsp3) is 0.500. The van der Waals surface area contributed by atoms with Crippen molar-refractivity contribution in [3.05, 3.63) is 28.8 Å². The molecule has 1 unspecified atom stereocenters. The minimum absolute atomic E-state index is 0.0962. The largest absolute Gasteiger partial charge is 0.479 e. The fourth-order valence-corrected chi connectivity index (χ4v) is 2.05. The van der Waals surface area contributed by atoms with Gasteiger partial charge in [0.05, 0.1) is 5.02 Å². The summed E-state index contributed by atoms with van der Waals surface area (Å²) in [4.78, 5) is 11.9. The summed E-state index contributed by atoms with van der Waals surface area (Å²) in [6.45, 7) is 2.24. The molecule has 1 aliphatic rings. The van der Waals surface area contributed by atoms with E-state index in [9.17, 15) is 4.79 Å². The van der Waals surface area contributed by atoms with Gasteiger partial charge in [-0.3, -0.25) is 4.79 Å². The minimum atomic E-state index is -0.558. The average molecular weight is 283 g/mol. The highest BCUT2D eigenvalue weighted by atomic mass is 35.5. The number of para-hydroxylation sites is 1. The van der Waals surface area contributed by atoms with Crippen LogP contribution in [0.2, 0.25) is 5.02 Å². The molecule has 2 rings (SSSR count). The molecular formula is C14H19ClN2O2. The Hall–Kier alpha value is -1.26. The predicted octanol–water partition coefficient (Wildman–Crippen LogP) is 1.89. The number of nitrogens with one attached hydrogen (secondary N) is 1. The molecule has 0 aliphatic heterocycles. The van der Waals surface area contributed by atoms with Gasteiger partial charge in [-0.25, -0.2) is 0 Å². The third-order valence-corrected chi connectivity index (χ3v) is 3.35. The first-order valence-electron chi connectivity index (χ1n) is 6.56. The Balaban J connectivity index is 2.05. The first-order valence-corrected chi connectivity index (χ1v) is 6.94. The molecule has 0 radical (unpaired) electrons. The number of amides is 1. The molecule has 1 fully saturated rings. The lowest BCUT2D eigenvalue weighted by Crippen LogP contribution is -2.37. The van der Waals surface area contributed by atoms with E-state index >= 15 is 0 Å². The van der Waals surface area contributed by atoms with Gasteiger partial charge in [0.2, 0.25) is 0 Å². The molecule has 1 amide bonds. The number of halogens is 1. The minimum Gasteiger partial charge on any atom is -0.479 e. The Morgan fingerprint density at radius 2 is 2.32 bits per heavy atom. The highest BCUT2D eigenvalue weighted by molar-refractivity contribution is 6.32. The van der Waals surface area contributed by atoms with Gasteiger partial charge >= 0.3 is 0 Å². The summed E-state index contributed by atoms with van der Waals surface area (Å²) in [5.41, 5.74) is 6.50. The van der Waals surface area contributed by atoms with Crippen LogP contribution in [-0.2, 0) is 11.2 Å². The quantitative estimate of drug-likeness (QED) is 0.837. The second-order valence-corrected chi connectivity index (χ2v) is 5.22. The van der Waals surface area contributed by atoms with E-state index in [-0.39, 0.29) is 5.91 Å².